The summed E-state index contributed by atoms with van der Waals surface area (Å²) in [5.74, 6) is 0.692. The number of rotatable bonds is 9. The summed E-state index contributed by atoms with van der Waals surface area (Å²) in [6.45, 7) is 0.452. The van der Waals surface area contributed by atoms with Gasteiger partial charge in [-0.1, -0.05) is 35.9 Å². The van der Waals surface area contributed by atoms with E-state index in [0.717, 1.165) is 22.2 Å². The van der Waals surface area contributed by atoms with Crippen molar-refractivity contribution >= 4 is 40.6 Å². The summed E-state index contributed by atoms with van der Waals surface area (Å²) in [4.78, 5) is 26.5. The molecule has 1 aliphatic rings. The summed E-state index contributed by atoms with van der Waals surface area (Å²) < 4.78 is 29.8. The van der Waals surface area contributed by atoms with Crippen molar-refractivity contribution in [2.75, 3.05) is 20.3 Å². The van der Waals surface area contributed by atoms with Crippen molar-refractivity contribution in [3.05, 3.63) is 93.6 Å². The van der Waals surface area contributed by atoms with Crippen LogP contribution in [0.15, 0.2) is 71.6 Å². The van der Waals surface area contributed by atoms with E-state index >= 15 is 0 Å². The van der Waals surface area contributed by atoms with Crippen molar-refractivity contribution in [3.8, 4) is 17.2 Å². The summed E-state index contributed by atoms with van der Waals surface area (Å²) in [5.41, 5.74) is 1.53. The summed E-state index contributed by atoms with van der Waals surface area (Å²) >= 11 is 7.04. The van der Waals surface area contributed by atoms with Gasteiger partial charge in [0.05, 0.1) is 18.6 Å². The van der Waals surface area contributed by atoms with Crippen LogP contribution in [0.4, 0.5) is 9.18 Å². The summed E-state index contributed by atoms with van der Waals surface area (Å²) in [5, 5.41) is 0.234. The van der Waals surface area contributed by atoms with Crippen molar-refractivity contribution < 1.29 is 28.2 Å². The third kappa shape index (κ3) is 6.15. The Balaban J connectivity index is 1.40. The number of carbonyl (C=O) groups is 2. The van der Waals surface area contributed by atoms with Crippen molar-refractivity contribution in [2.24, 2.45) is 0 Å². The van der Waals surface area contributed by atoms with Crippen LogP contribution in [-0.2, 0) is 11.4 Å². The van der Waals surface area contributed by atoms with Crippen LogP contribution in [0.1, 0.15) is 11.1 Å². The van der Waals surface area contributed by atoms with Crippen LogP contribution in [0, 0.1) is 5.82 Å². The van der Waals surface area contributed by atoms with Gasteiger partial charge in [-0.05, 0) is 65.9 Å². The van der Waals surface area contributed by atoms with E-state index in [2.05, 4.69) is 0 Å². The van der Waals surface area contributed by atoms with Crippen LogP contribution in [0.2, 0.25) is 5.02 Å². The number of imide groups is 1. The average molecular weight is 514 g/mol. The summed E-state index contributed by atoms with van der Waals surface area (Å²) in [7, 11) is 1.52. The van der Waals surface area contributed by atoms with Crippen molar-refractivity contribution in [1.29, 1.82) is 0 Å². The van der Waals surface area contributed by atoms with Crippen LogP contribution >= 0.6 is 23.4 Å². The topological polar surface area (TPSA) is 65.1 Å². The Bertz CT molecular complexity index is 1260. The van der Waals surface area contributed by atoms with Crippen molar-refractivity contribution in [2.45, 2.75) is 6.61 Å². The lowest BCUT2D eigenvalue weighted by Gasteiger charge is -2.13. The van der Waals surface area contributed by atoms with Crippen molar-refractivity contribution in [1.82, 2.24) is 4.90 Å². The number of nitrogens with zero attached hydrogens (tertiary/aromatic N) is 1. The van der Waals surface area contributed by atoms with E-state index in [1.54, 1.807) is 30.3 Å². The Morgan fingerprint density at radius 3 is 2.51 bits per heavy atom. The maximum atomic E-state index is 13.0. The van der Waals surface area contributed by atoms with E-state index < -0.39 is 5.91 Å². The molecule has 6 nitrogen and oxygen atoms in total. The lowest BCUT2D eigenvalue weighted by atomic mass is 10.1. The highest BCUT2D eigenvalue weighted by molar-refractivity contribution is 8.18. The van der Waals surface area contributed by atoms with Crippen LogP contribution < -0.4 is 14.2 Å². The van der Waals surface area contributed by atoms with Gasteiger partial charge in [0.15, 0.2) is 11.5 Å². The van der Waals surface area contributed by atoms with E-state index in [4.69, 9.17) is 25.8 Å². The molecule has 0 aromatic heterocycles. The van der Waals surface area contributed by atoms with Gasteiger partial charge in [0.1, 0.15) is 24.8 Å². The standard InChI is InChI=1S/C26H21ClFNO5S/c1-32-23-14-17(6-11-22(23)34-16-18-4-2-3-5-21(18)27)15-24-25(30)29(26(31)35-24)12-13-33-20-9-7-19(28)8-10-20/h2-11,14-15H,12-13,16H2,1H3/b24-15-. The molecule has 0 saturated carbocycles. The molecule has 0 atom stereocenters. The van der Waals surface area contributed by atoms with E-state index in [9.17, 15) is 14.0 Å². The number of benzene rings is 3. The molecule has 9 heteroatoms. The number of halogens is 2. The summed E-state index contributed by atoms with van der Waals surface area (Å²) in [6.07, 6.45) is 1.63. The molecule has 1 fully saturated rings. The first-order valence-electron chi connectivity index (χ1n) is 10.6. The van der Waals surface area contributed by atoms with Crippen LogP contribution in [0.3, 0.4) is 0 Å². The normalized spacial score (nSPS) is 14.5. The quantitative estimate of drug-likeness (QED) is 0.318. The molecule has 4 rings (SSSR count). The van der Waals surface area contributed by atoms with Crippen LogP contribution in [-0.4, -0.2) is 36.3 Å². The second-order valence-corrected chi connectivity index (χ2v) is 8.83. The maximum absolute atomic E-state index is 13.0. The SMILES string of the molecule is COc1cc(/C=C2\SC(=O)N(CCOc3ccc(F)cc3)C2=O)ccc1OCc1ccccc1Cl. The van der Waals surface area contributed by atoms with Gasteiger partial charge in [-0.25, -0.2) is 4.39 Å². The fourth-order valence-electron chi connectivity index (χ4n) is 3.29. The molecule has 35 heavy (non-hydrogen) atoms. The first-order chi connectivity index (χ1) is 16.9. The number of amides is 2. The zero-order chi connectivity index (χ0) is 24.8. The molecule has 0 radical (unpaired) electrons. The molecule has 0 spiro atoms. The number of hydrogen-bond acceptors (Lipinski definition) is 6. The first-order valence-corrected chi connectivity index (χ1v) is 11.8. The Hall–Kier alpha value is -3.49. The second-order valence-electron chi connectivity index (χ2n) is 7.43. The number of carbonyl (C=O) groups excluding carboxylic acids is 2. The fraction of sp³-hybridized carbons (Fsp3) is 0.154. The third-order valence-corrected chi connectivity index (χ3v) is 6.37. The molecule has 1 heterocycles. The number of hydrogen-bond donors (Lipinski definition) is 0. The molecule has 180 valence electrons. The highest BCUT2D eigenvalue weighted by Gasteiger charge is 2.34. The van der Waals surface area contributed by atoms with Crippen molar-refractivity contribution in [3.63, 3.8) is 0 Å². The number of ether oxygens (including phenoxy) is 3. The smallest absolute Gasteiger partial charge is 0.293 e. The maximum Gasteiger partial charge on any atom is 0.293 e. The van der Waals surface area contributed by atoms with Gasteiger partial charge >= 0.3 is 0 Å². The van der Waals surface area contributed by atoms with Gasteiger partial charge < -0.3 is 14.2 Å². The molecule has 1 saturated heterocycles. The predicted molar refractivity (Wildman–Crippen MR) is 133 cm³/mol. The van der Waals surface area contributed by atoms with Crippen LogP contribution in [0.25, 0.3) is 6.08 Å². The fourth-order valence-corrected chi connectivity index (χ4v) is 4.35. The molecule has 0 aliphatic carbocycles. The molecule has 2 amide bonds. The van der Waals surface area contributed by atoms with Gasteiger partial charge in [0, 0.05) is 10.6 Å². The van der Waals surface area contributed by atoms with Gasteiger partial charge in [-0.15, -0.1) is 0 Å². The molecule has 0 unspecified atom stereocenters. The van der Waals surface area contributed by atoms with Crippen LogP contribution in [0.5, 0.6) is 17.2 Å². The largest absolute Gasteiger partial charge is 0.493 e. The lowest BCUT2D eigenvalue weighted by Crippen LogP contribution is -2.32. The molecule has 0 N–H and O–H groups in total. The third-order valence-electron chi connectivity index (χ3n) is 5.10. The minimum Gasteiger partial charge on any atom is -0.493 e. The Labute approximate surface area is 211 Å². The molecular weight excluding hydrogens is 493 g/mol. The molecule has 0 bridgehead atoms. The molecular formula is C26H21ClFNO5S. The van der Waals surface area contributed by atoms with E-state index in [-0.39, 0.29) is 30.8 Å². The van der Waals surface area contributed by atoms with Gasteiger partial charge in [-0.2, -0.15) is 0 Å². The first kappa shape index (κ1) is 24.6. The molecule has 3 aromatic carbocycles. The lowest BCUT2D eigenvalue weighted by molar-refractivity contribution is -0.123. The van der Waals surface area contributed by atoms with Gasteiger partial charge in [0.25, 0.3) is 11.1 Å². The molecule has 3 aromatic rings. The highest BCUT2D eigenvalue weighted by atomic mass is 35.5. The van der Waals surface area contributed by atoms with Gasteiger partial charge in [-0.3, -0.25) is 14.5 Å². The minimum absolute atomic E-state index is 0.0809. The Kier molecular flexibility index (Phi) is 7.94. The van der Waals surface area contributed by atoms with E-state index in [1.807, 2.05) is 18.2 Å². The highest BCUT2D eigenvalue weighted by Crippen LogP contribution is 2.35. The van der Waals surface area contributed by atoms with Gasteiger partial charge in [0.2, 0.25) is 0 Å². The molecule has 1 aliphatic heterocycles. The number of methoxy groups -OCH3 is 1. The summed E-state index contributed by atoms with van der Waals surface area (Å²) in [6, 6.07) is 18.2. The minimum atomic E-state index is -0.402. The predicted octanol–water partition coefficient (Wildman–Crippen LogP) is 6.18. The van der Waals surface area contributed by atoms with E-state index in [0.29, 0.717) is 32.7 Å². The zero-order valence-corrected chi connectivity index (χ0v) is 20.3. The Morgan fingerprint density at radius 1 is 1.00 bits per heavy atom. The van der Waals surface area contributed by atoms with E-state index in [1.165, 1.54) is 31.4 Å². The number of thioether (sulfide) groups is 1. The zero-order valence-electron chi connectivity index (χ0n) is 18.7. The monoisotopic (exact) mass is 513 g/mol. The second kappa shape index (κ2) is 11.3. The average Bonchev–Trinajstić information content (AvgIpc) is 3.12. The Morgan fingerprint density at radius 2 is 1.77 bits per heavy atom.